The van der Waals surface area contributed by atoms with Crippen LogP contribution in [-0.2, 0) is 9.59 Å². The lowest BCUT2D eigenvalue weighted by Gasteiger charge is -2.39. The summed E-state index contributed by atoms with van der Waals surface area (Å²) in [6.45, 7) is 4.86. The molecular formula is C14H23NO5. The predicted molar refractivity (Wildman–Crippen MR) is 73.0 cm³/mol. The maximum Gasteiger partial charge on any atom is 0.329 e. The number of rotatable bonds is 5. The van der Waals surface area contributed by atoms with E-state index in [9.17, 15) is 24.9 Å². The molecule has 1 amide bonds. The van der Waals surface area contributed by atoms with Crippen LogP contribution in [-0.4, -0.2) is 56.9 Å². The Morgan fingerprint density at radius 1 is 1.35 bits per heavy atom. The van der Waals surface area contributed by atoms with Crippen LogP contribution in [0.4, 0.5) is 0 Å². The van der Waals surface area contributed by atoms with E-state index in [4.69, 9.17) is 0 Å². The molecule has 6 nitrogen and oxygen atoms in total. The van der Waals surface area contributed by atoms with E-state index in [1.807, 2.05) is 0 Å². The van der Waals surface area contributed by atoms with Gasteiger partial charge in [0.15, 0.2) is 0 Å². The summed E-state index contributed by atoms with van der Waals surface area (Å²) < 4.78 is 0. The molecule has 1 fully saturated rings. The van der Waals surface area contributed by atoms with Crippen LogP contribution in [0.5, 0.6) is 0 Å². The van der Waals surface area contributed by atoms with Crippen molar-refractivity contribution in [1.82, 2.24) is 4.90 Å². The molecule has 114 valence electrons. The highest BCUT2D eigenvalue weighted by Gasteiger charge is 2.43. The molecule has 1 saturated carbocycles. The smallest absolute Gasteiger partial charge is 0.329 e. The molecule has 0 bridgehead atoms. The first-order valence-electron chi connectivity index (χ1n) is 6.72. The maximum absolute atomic E-state index is 11.7. The van der Waals surface area contributed by atoms with Crippen LogP contribution in [0.1, 0.15) is 32.6 Å². The molecule has 0 heterocycles. The molecule has 0 aromatic carbocycles. The van der Waals surface area contributed by atoms with Gasteiger partial charge in [-0.1, -0.05) is 6.58 Å². The Hall–Kier alpha value is -1.40. The van der Waals surface area contributed by atoms with Gasteiger partial charge in [-0.05, 0) is 44.6 Å². The summed E-state index contributed by atoms with van der Waals surface area (Å²) in [7, 11) is 1.44. The van der Waals surface area contributed by atoms with Crippen molar-refractivity contribution < 1.29 is 24.9 Å². The number of likely N-dealkylation sites (N-methyl/N-ethyl adjacent to an activating group) is 1. The van der Waals surface area contributed by atoms with Crippen LogP contribution in [0.25, 0.3) is 0 Å². The normalized spacial score (nSPS) is 29.3. The van der Waals surface area contributed by atoms with E-state index in [2.05, 4.69) is 6.58 Å². The standard InChI is InChI=1S/C14H23NO5/c1-4-12(18)15(3)14(2,13(19)20)8-9-5-6-10(16)11(17)7-9/h4,9-11,16-17H,1,5-8H2,2-3H3,(H,19,20). The fourth-order valence-electron chi connectivity index (χ4n) is 2.71. The number of hydrogen-bond acceptors (Lipinski definition) is 4. The Balaban J connectivity index is 2.84. The average molecular weight is 285 g/mol. The zero-order chi connectivity index (χ0) is 15.5. The fourth-order valence-corrected chi connectivity index (χ4v) is 2.71. The Labute approximate surface area is 118 Å². The molecule has 0 aromatic rings. The van der Waals surface area contributed by atoms with Gasteiger partial charge >= 0.3 is 5.97 Å². The van der Waals surface area contributed by atoms with Crippen LogP contribution in [0, 0.1) is 5.92 Å². The van der Waals surface area contributed by atoms with Gasteiger partial charge in [0.05, 0.1) is 12.2 Å². The number of carboxylic acids is 1. The molecule has 1 aliphatic rings. The minimum absolute atomic E-state index is 0.0467. The highest BCUT2D eigenvalue weighted by molar-refractivity contribution is 5.92. The second kappa shape index (κ2) is 6.37. The maximum atomic E-state index is 11.7. The number of nitrogens with zero attached hydrogens (tertiary/aromatic N) is 1. The Morgan fingerprint density at radius 3 is 2.40 bits per heavy atom. The van der Waals surface area contributed by atoms with E-state index < -0.39 is 29.6 Å². The number of aliphatic hydroxyl groups excluding tert-OH is 2. The van der Waals surface area contributed by atoms with Gasteiger partial charge in [0.2, 0.25) is 5.91 Å². The van der Waals surface area contributed by atoms with Gasteiger partial charge in [-0.15, -0.1) is 0 Å². The zero-order valence-electron chi connectivity index (χ0n) is 12.0. The fraction of sp³-hybridized carbons (Fsp3) is 0.714. The molecule has 20 heavy (non-hydrogen) atoms. The SMILES string of the molecule is C=CC(=O)N(C)C(C)(CC1CCC(O)C(O)C1)C(=O)O. The first-order valence-corrected chi connectivity index (χ1v) is 6.72. The Morgan fingerprint density at radius 2 is 1.95 bits per heavy atom. The molecule has 3 N–H and O–H groups in total. The largest absolute Gasteiger partial charge is 0.480 e. The lowest BCUT2D eigenvalue weighted by molar-refractivity contribution is -0.157. The molecule has 0 aromatic heterocycles. The van der Waals surface area contributed by atoms with E-state index in [0.717, 1.165) is 6.08 Å². The zero-order valence-corrected chi connectivity index (χ0v) is 12.0. The molecular weight excluding hydrogens is 262 g/mol. The quantitative estimate of drug-likeness (QED) is 0.635. The number of amides is 1. The molecule has 6 heteroatoms. The van der Waals surface area contributed by atoms with Gasteiger partial charge in [-0.2, -0.15) is 0 Å². The second-order valence-electron chi connectivity index (χ2n) is 5.70. The molecule has 0 aliphatic heterocycles. The highest BCUT2D eigenvalue weighted by atomic mass is 16.4. The topological polar surface area (TPSA) is 98.1 Å². The summed E-state index contributed by atoms with van der Waals surface area (Å²) in [4.78, 5) is 24.4. The van der Waals surface area contributed by atoms with Crippen LogP contribution in [0.2, 0.25) is 0 Å². The van der Waals surface area contributed by atoms with Gasteiger partial charge in [0.25, 0.3) is 0 Å². The van der Waals surface area contributed by atoms with Crippen molar-refractivity contribution in [3.63, 3.8) is 0 Å². The summed E-state index contributed by atoms with van der Waals surface area (Å²) in [6.07, 6.45) is 1.18. The minimum atomic E-state index is -1.35. The summed E-state index contributed by atoms with van der Waals surface area (Å²) in [6, 6.07) is 0. The minimum Gasteiger partial charge on any atom is -0.480 e. The number of carbonyl (C=O) groups is 2. The third kappa shape index (κ3) is 3.37. The molecule has 4 unspecified atom stereocenters. The van der Waals surface area contributed by atoms with E-state index in [1.54, 1.807) is 0 Å². The number of aliphatic carboxylic acids is 1. The van der Waals surface area contributed by atoms with Gasteiger partial charge in [0, 0.05) is 7.05 Å². The van der Waals surface area contributed by atoms with Crippen molar-refractivity contribution in [2.24, 2.45) is 5.92 Å². The van der Waals surface area contributed by atoms with Crippen molar-refractivity contribution in [3.8, 4) is 0 Å². The summed E-state index contributed by atoms with van der Waals surface area (Å²) in [5, 5.41) is 28.6. The number of hydrogen-bond donors (Lipinski definition) is 3. The average Bonchev–Trinajstić information content (AvgIpc) is 2.40. The molecule has 0 saturated heterocycles. The molecule has 1 aliphatic carbocycles. The van der Waals surface area contributed by atoms with Crippen LogP contribution in [0.3, 0.4) is 0 Å². The molecule has 0 radical (unpaired) electrons. The van der Waals surface area contributed by atoms with E-state index >= 15 is 0 Å². The van der Waals surface area contributed by atoms with Crippen molar-refractivity contribution in [2.45, 2.75) is 50.4 Å². The summed E-state index contributed by atoms with van der Waals surface area (Å²) >= 11 is 0. The number of carboxylic acid groups (broad SMARTS) is 1. The number of aliphatic hydroxyl groups is 2. The van der Waals surface area contributed by atoms with Crippen LogP contribution in [0.15, 0.2) is 12.7 Å². The van der Waals surface area contributed by atoms with Gasteiger partial charge in [-0.25, -0.2) is 4.79 Å². The van der Waals surface area contributed by atoms with Crippen LogP contribution >= 0.6 is 0 Å². The Bertz CT molecular complexity index is 397. The number of carbonyl (C=O) groups excluding carboxylic acids is 1. The van der Waals surface area contributed by atoms with Crippen molar-refractivity contribution >= 4 is 11.9 Å². The summed E-state index contributed by atoms with van der Waals surface area (Å²) in [5.41, 5.74) is -1.35. The summed E-state index contributed by atoms with van der Waals surface area (Å²) in [5.74, 6) is -1.59. The van der Waals surface area contributed by atoms with Crippen LogP contribution < -0.4 is 0 Å². The van der Waals surface area contributed by atoms with Gasteiger partial charge in [-0.3, -0.25) is 4.79 Å². The van der Waals surface area contributed by atoms with Gasteiger partial charge in [0.1, 0.15) is 5.54 Å². The van der Waals surface area contributed by atoms with E-state index in [-0.39, 0.29) is 12.3 Å². The third-order valence-corrected chi connectivity index (χ3v) is 4.28. The highest BCUT2D eigenvalue weighted by Crippen LogP contribution is 2.33. The lowest BCUT2D eigenvalue weighted by Crippen LogP contribution is -2.54. The first-order chi connectivity index (χ1) is 9.22. The monoisotopic (exact) mass is 285 g/mol. The lowest BCUT2D eigenvalue weighted by atomic mass is 9.77. The molecule has 4 atom stereocenters. The second-order valence-corrected chi connectivity index (χ2v) is 5.70. The predicted octanol–water partition coefficient (Wildman–Crippen LogP) is 0.386. The van der Waals surface area contributed by atoms with Gasteiger partial charge < -0.3 is 20.2 Å². The van der Waals surface area contributed by atoms with E-state index in [1.165, 1.54) is 18.9 Å². The third-order valence-electron chi connectivity index (χ3n) is 4.28. The van der Waals surface area contributed by atoms with E-state index in [0.29, 0.717) is 19.3 Å². The molecule has 1 rings (SSSR count). The van der Waals surface area contributed by atoms with Crippen molar-refractivity contribution in [2.75, 3.05) is 7.05 Å². The Kier molecular flexibility index (Phi) is 5.30. The van der Waals surface area contributed by atoms with Crippen molar-refractivity contribution in [3.05, 3.63) is 12.7 Å². The van der Waals surface area contributed by atoms with Crippen molar-refractivity contribution in [1.29, 1.82) is 0 Å². The molecule has 0 spiro atoms. The first kappa shape index (κ1) is 16.7.